The van der Waals surface area contributed by atoms with Crippen molar-refractivity contribution in [3.05, 3.63) is 30.1 Å². The van der Waals surface area contributed by atoms with Crippen LogP contribution in [0, 0.1) is 17.7 Å². The molecule has 4 nitrogen and oxygen atoms in total. The third-order valence-corrected chi connectivity index (χ3v) is 4.90. The van der Waals surface area contributed by atoms with Crippen LogP contribution in [-0.2, 0) is 4.79 Å². The number of rotatable bonds is 3. The van der Waals surface area contributed by atoms with E-state index in [1.807, 2.05) is 4.90 Å². The quantitative estimate of drug-likeness (QED) is 0.931. The van der Waals surface area contributed by atoms with Crippen molar-refractivity contribution < 1.29 is 13.9 Å². The molecular formula is C17H23FN2O2. The van der Waals surface area contributed by atoms with Crippen molar-refractivity contribution in [2.45, 2.75) is 38.3 Å². The Morgan fingerprint density at radius 3 is 2.59 bits per heavy atom. The minimum atomic E-state index is -0.972. The molecule has 0 bridgehead atoms. The Morgan fingerprint density at radius 1 is 1.27 bits per heavy atom. The molecule has 22 heavy (non-hydrogen) atoms. The molecule has 1 aromatic rings. The molecule has 0 radical (unpaired) electrons. The van der Waals surface area contributed by atoms with Crippen LogP contribution in [0.1, 0.15) is 26.7 Å². The summed E-state index contributed by atoms with van der Waals surface area (Å²) in [5, 5.41) is 0. The van der Waals surface area contributed by atoms with Crippen LogP contribution in [0.15, 0.2) is 24.3 Å². The zero-order valence-electron chi connectivity index (χ0n) is 13.1. The van der Waals surface area contributed by atoms with Crippen LogP contribution in [0.25, 0.3) is 0 Å². The molecule has 1 aliphatic carbocycles. The molecule has 2 N–H and O–H groups in total. The van der Waals surface area contributed by atoms with Crippen LogP contribution < -0.4 is 10.5 Å². The fourth-order valence-corrected chi connectivity index (χ4v) is 3.70. The van der Waals surface area contributed by atoms with Gasteiger partial charge in [-0.15, -0.1) is 0 Å². The monoisotopic (exact) mass is 306 g/mol. The third kappa shape index (κ3) is 2.82. The summed E-state index contributed by atoms with van der Waals surface area (Å²) in [7, 11) is 0. The van der Waals surface area contributed by atoms with Crippen LogP contribution >= 0.6 is 0 Å². The fraction of sp³-hybridized carbons (Fsp3) is 0.588. The highest BCUT2D eigenvalue weighted by Crippen LogP contribution is 2.38. The van der Waals surface area contributed by atoms with E-state index in [9.17, 15) is 9.18 Å². The molecule has 1 heterocycles. The van der Waals surface area contributed by atoms with Gasteiger partial charge in [-0.3, -0.25) is 4.79 Å². The van der Waals surface area contributed by atoms with Crippen molar-refractivity contribution >= 4 is 5.91 Å². The van der Waals surface area contributed by atoms with E-state index in [0.717, 1.165) is 25.9 Å². The van der Waals surface area contributed by atoms with Gasteiger partial charge >= 0.3 is 0 Å². The Balaban J connectivity index is 1.67. The average Bonchev–Trinajstić information content (AvgIpc) is 3.03. The van der Waals surface area contributed by atoms with Gasteiger partial charge in [-0.2, -0.15) is 0 Å². The topological polar surface area (TPSA) is 55.6 Å². The molecule has 1 aliphatic heterocycles. The summed E-state index contributed by atoms with van der Waals surface area (Å²) in [5.41, 5.74) is 5.15. The van der Waals surface area contributed by atoms with E-state index in [-0.39, 0.29) is 17.8 Å². The lowest BCUT2D eigenvalue weighted by molar-refractivity contribution is -0.144. The molecule has 3 rings (SSSR count). The van der Waals surface area contributed by atoms with Gasteiger partial charge in [0.1, 0.15) is 11.6 Å². The largest absolute Gasteiger partial charge is 0.478 e. The van der Waals surface area contributed by atoms with Gasteiger partial charge in [0.15, 0.2) is 5.60 Å². The molecule has 5 heteroatoms. The maximum atomic E-state index is 12.9. The highest BCUT2D eigenvalue weighted by atomic mass is 19.1. The van der Waals surface area contributed by atoms with Crippen LogP contribution in [0.5, 0.6) is 5.75 Å². The molecule has 1 amide bonds. The second-order valence-corrected chi connectivity index (χ2v) is 6.94. The van der Waals surface area contributed by atoms with E-state index < -0.39 is 5.60 Å². The minimum absolute atomic E-state index is 0.0292. The maximum Gasteiger partial charge on any atom is 0.266 e. The SMILES string of the molecule is CC(C)(Oc1ccc(F)cc1)C(=O)N1CC2CCC(N)C2C1. The van der Waals surface area contributed by atoms with Crippen LogP contribution in [0.2, 0.25) is 0 Å². The highest BCUT2D eigenvalue weighted by Gasteiger charge is 2.45. The molecule has 3 atom stereocenters. The molecular weight excluding hydrogens is 283 g/mol. The Morgan fingerprint density at radius 2 is 1.95 bits per heavy atom. The minimum Gasteiger partial charge on any atom is -0.478 e. The number of carbonyl (C=O) groups excluding carboxylic acids is 1. The van der Waals surface area contributed by atoms with E-state index in [0.29, 0.717) is 17.6 Å². The summed E-state index contributed by atoms with van der Waals surface area (Å²) in [4.78, 5) is 14.6. The summed E-state index contributed by atoms with van der Waals surface area (Å²) in [6.45, 7) is 5.01. The zero-order chi connectivity index (χ0) is 15.9. The molecule has 120 valence electrons. The lowest BCUT2D eigenvalue weighted by Gasteiger charge is -2.30. The summed E-state index contributed by atoms with van der Waals surface area (Å²) < 4.78 is 18.7. The first-order valence-corrected chi connectivity index (χ1v) is 7.86. The number of fused-ring (bicyclic) bond motifs is 1. The molecule has 1 saturated carbocycles. The first-order valence-electron chi connectivity index (χ1n) is 7.86. The summed E-state index contributed by atoms with van der Waals surface area (Å²) in [6, 6.07) is 5.95. The van der Waals surface area contributed by atoms with Crippen LogP contribution in [0.3, 0.4) is 0 Å². The lowest BCUT2D eigenvalue weighted by Crippen LogP contribution is -2.48. The predicted octanol–water partition coefficient (Wildman–Crippen LogP) is 2.18. The smallest absolute Gasteiger partial charge is 0.266 e. The van der Waals surface area contributed by atoms with Gasteiger partial charge in [-0.1, -0.05) is 0 Å². The predicted molar refractivity (Wildman–Crippen MR) is 81.9 cm³/mol. The molecule has 1 aromatic carbocycles. The Labute approximate surface area is 130 Å². The van der Waals surface area contributed by atoms with Gasteiger partial charge in [0.2, 0.25) is 0 Å². The summed E-state index contributed by atoms with van der Waals surface area (Å²) in [6.07, 6.45) is 2.17. The van der Waals surface area contributed by atoms with Crippen molar-refractivity contribution in [3.8, 4) is 5.75 Å². The number of ether oxygens (including phenoxy) is 1. The van der Waals surface area contributed by atoms with E-state index in [4.69, 9.17) is 10.5 Å². The van der Waals surface area contributed by atoms with Crippen LogP contribution in [0.4, 0.5) is 4.39 Å². The number of hydrogen-bond donors (Lipinski definition) is 1. The van der Waals surface area contributed by atoms with E-state index in [1.54, 1.807) is 26.0 Å². The number of amides is 1. The third-order valence-electron chi connectivity index (χ3n) is 4.90. The number of halogens is 1. The molecule has 2 aliphatic rings. The zero-order valence-corrected chi connectivity index (χ0v) is 13.1. The van der Waals surface area contributed by atoms with E-state index in [2.05, 4.69) is 0 Å². The second-order valence-electron chi connectivity index (χ2n) is 6.94. The van der Waals surface area contributed by atoms with Crippen molar-refractivity contribution in [2.75, 3.05) is 13.1 Å². The highest BCUT2D eigenvalue weighted by molar-refractivity contribution is 5.85. The molecule has 3 unspecified atom stereocenters. The summed E-state index contributed by atoms with van der Waals surface area (Å²) >= 11 is 0. The van der Waals surface area contributed by atoms with Crippen LogP contribution in [-0.4, -0.2) is 35.5 Å². The number of benzene rings is 1. The number of likely N-dealkylation sites (tertiary alicyclic amines) is 1. The van der Waals surface area contributed by atoms with Gasteiger partial charge in [-0.25, -0.2) is 4.39 Å². The molecule has 1 saturated heterocycles. The van der Waals surface area contributed by atoms with E-state index >= 15 is 0 Å². The number of hydrogen-bond acceptors (Lipinski definition) is 3. The second kappa shape index (κ2) is 5.54. The van der Waals surface area contributed by atoms with Gasteiger partial charge in [-0.05, 0) is 62.8 Å². The molecule has 2 fully saturated rings. The summed E-state index contributed by atoms with van der Waals surface area (Å²) in [5.74, 6) is 1.10. The Kier molecular flexibility index (Phi) is 3.85. The number of nitrogens with zero attached hydrogens (tertiary/aromatic N) is 1. The molecule has 0 aromatic heterocycles. The standard InChI is InChI=1S/C17H23FN2O2/c1-17(2,22-13-6-4-12(18)5-7-13)16(21)20-9-11-3-8-15(19)14(11)10-20/h4-7,11,14-15H,3,8-10,19H2,1-2H3. The Hall–Kier alpha value is -1.62. The maximum absolute atomic E-state index is 12.9. The number of nitrogens with two attached hydrogens (primary N) is 1. The van der Waals surface area contributed by atoms with E-state index in [1.165, 1.54) is 12.1 Å². The molecule has 0 spiro atoms. The van der Waals surface area contributed by atoms with Gasteiger partial charge in [0.25, 0.3) is 5.91 Å². The first kappa shape index (κ1) is 15.3. The Bertz CT molecular complexity index is 558. The van der Waals surface area contributed by atoms with Crippen molar-refractivity contribution in [3.63, 3.8) is 0 Å². The van der Waals surface area contributed by atoms with Crippen molar-refractivity contribution in [1.29, 1.82) is 0 Å². The van der Waals surface area contributed by atoms with Gasteiger partial charge in [0, 0.05) is 19.1 Å². The number of carbonyl (C=O) groups is 1. The van der Waals surface area contributed by atoms with Gasteiger partial charge in [0.05, 0.1) is 0 Å². The lowest BCUT2D eigenvalue weighted by atomic mass is 9.98. The first-order chi connectivity index (χ1) is 10.4. The van der Waals surface area contributed by atoms with Gasteiger partial charge < -0.3 is 15.4 Å². The van der Waals surface area contributed by atoms with Crippen molar-refractivity contribution in [1.82, 2.24) is 4.90 Å². The van der Waals surface area contributed by atoms with Crippen molar-refractivity contribution in [2.24, 2.45) is 17.6 Å². The average molecular weight is 306 g/mol. The fourth-order valence-electron chi connectivity index (χ4n) is 3.70. The normalized spacial score (nSPS) is 27.8.